The van der Waals surface area contributed by atoms with E-state index in [-0.39, 0.29) is 12.2 Å². The van der Waals surface area contributed by atoms with Crippen LogP contribution in [0.2, 0.25) is 0 Å². The van der Waals surface area contributed by atoms with E-state index in [2.05, 4.69) is 0 Å². The molecule has 0 aromatic heterocycles. The highest BCUT2D eigenvalue weighted by Gasteiger charge is 2.14. The number of esters is 1. The van der Waals surface area contributed by atoms with Gasteiger partial charge in [-0.15, -0.1) is 0 Å². The first kappa shape index (κ1) is 17.9. The maximum atomic E-state index is 11.8. The SMILES string of the molecule is CCOCc1c(C)cc(C)c(C=C(C#N)C(=O)OCC)c1C. The van der Waals surface area contributed by atoms with Crippen molar-refractivity contribution in [3.05, 3.63) is 39.5 Å². The van der Waals surface area contributed by atoms with Crippen LogP contribution in [0.25, 0.3) is 6.08 Å². The molecule has 0 aliphatic carbocycles. The molecule has 0 heterocycles. The first-order valence-electron chi connectivity index (χ1n) is 7.42. The van der Waals surface area contributed by atoms with Crippen LogP contribution < -0.4 is 0 Å². The van der Waals surface area contributed by atoms with E-state index in [0.717, 1.165) is 27.8 Å². The van der Waals surface area contributed by atoms with Crippen molar-refractivity contribution in [3.63, 3.8) is 0 Å². The molecule has 0 atom stereocenters. The molecule has 4 heteroatoms. The van der Waals surface area contributed by atoms with Gasteiger partial charge < -0.3 is 9.47 Å². The average molecular weight is 301 g/mol. The van der Waals surface area contributed by atoms with E-state index < -0.39 is 5.97 Å². The Balaban J connectivity index is 3.34. The fourth-order valence-electron chi connectivity index (χ4n) is 2.38. The Labute approximate surface area is 132 Å². The van der Waals surface area contributed by atoms with E-state index >= 15 is 0 Å². The van der Waals surface area contributed by atoms with Gasteiger partial charge in [0, 0.05) is 6.61 Å². The first-order valence-corrected chi connectivity index (χ1v) is 7.42. The molecule has 0 aliphatic rings. The average Bonchev–Trinajstić information content (AvgIpc) is 2.47. The van der Waals surface area contributed by atoms with Crippen molar-refractivity contribution in [2.75, 3.05) is 13.2 Å². The number of aryl methyl sites for hydroxylation is 2. The third kappa shape index (κ3) is 4.19. The summed E-state index contributed by atoms with van der Waals surface area (Å²) in [4.78, 5) is 11.8. The molecule has 1 aromatic carbocycles. The Morgan fingerprint density at radius 1 is 1.23 bits per heavy atom. The fraction of sp³-hybridized carbons (Fsp3) is 0.444. The predicted molar refractivity (Wildman–Crippen MR) is 86.2 cm³/mol. The highest BCUT2D eigenvalue weighted by Crippen LogP contribution is 2.25. The maximum Gasteiger partial charge on any atom is 0.348 e. The summed E-state index contributed by atoms with van der Waals surface area (Å²) in [5, 5.41) is 9.19. The number of carbonyl (C=O) groups excluding carboxylic acids is 1. The van der Waals surface area contributed by atoms with E-state index in [0.29, 0.717) is 13.2 Å². The number of ether oxygens (including phenoxy) is 2. The number of rotatable bonds is 6. The fourth-order valence-corrected chi connectivity index (χ4v) is 2.38. The van der Waals surface area contributed by atoms with Crippen LogP contribution >= 0.6 is 0 Å². The summed E-state index contributed by atoms with van der Waals surface area (Å²) in [5.74, 6) is -0.587. The summed E-state index contributed by atoms with van der Waals surface area (Å²) in [7, 11) is 0. The van der Waals surface area contributed by atoms with Crippen molar-refractivity contribution in [1.29, 1.82) is 5.26 Å². The molecule has 118 valence electrons. The van der Waals surface area contributed by atoms with Gasteiger partial charge in [0.2, 0.25) is 0 Å². The summed E-state index contributed by atoms with van der Waals surface area (Å²) in [6.07, 6.45) is 1.61. The van der Waals surface area contributed by atoms with E-state index in [4.69, 9.17) is 9.47 Å². The van der Waals surface area contributed by atoms with Gasteiger partial charge in [-0.25, -0.2) is 4.79 Å². The van der Waals surface area contributed by atoms with Gasteiger partial charge in [0.05, 0.1) is 13.2 Å². The van der Waals surface area contributed by atoms with Crippen molar-refractivity contribution in [3.8, 4) is 6.07 Å². The number of benzene rings is 1. The molecule has 0 fully saturated rings. The Kier molecular flexibility index (Phi) is 6.81. The molecule has 22 heavy (non-hydrogen) atoms. The highest BCUT2D eigenvalue weighted by molar-refractivity contribution is 5.98. The van der Waals surface area contributed by atoms with Gasteiger partial charge in [-0.1, -0.05) is 6.07 Å². The molecule has 0 radical (unpaired) electrons. The van der Waals surface area contributed by atoms with Gasteiger partial charge in [0.25, 0.3) is 0 Å². The van der Waals surface area contributed by atoms with E-state index in [9.17, 15) is 10.1 Å². The zero-order chi connectivity index (χ0) is 16.7. The second-order valence-electron chi connectivity index (χ2n) is 5.06. The topological polar surface area (TPSA) is 59.3 Å². The smallest absolute Gasteiger partial charge is 0.348 e. The van der Waals surface area contributed by atoms with Crippen molar-refractivity contribution in [1.82, 2.24) is 0 Å². The molecule has 0 saturated carbocycles. The lowest BCUT2D eigenvalue weighted by Gasteiger charge is -2.15. The molecule has 0 amide bonds. The summed E-state index contributed by atoms with van der Waals surface area (Å²) < 4.78 is 10.4. The molecule has 0 bridgehead atoms. The summed E-state index contributed by atoms with van der Waals surface area (Å²) in [6.45, 7) is 11.1. The zero-order valence-electron chi connectivity index (χ0n) is 13.9. The number of nitriles is 1. The van der Waals surface area contributed by atoms with Crippen LogP contribution in [0.3, 0.4) is 0 Å². The standard InChI is InChI=1S/C18H23NO3/c1-6-21-11-17-13(4)8-12(3)16(14(17)5)9-15(10-19)18(20)22-7-2/h8-9H,6-7,11H2,1-5H3. The lowest BCUT2D eigenvalue weighted by Crippen LogP contribution is -2.07. The molecule has 4 nitrogen and oxygen atoms in total. The quantitative estimate of drug-likeness (QED) is 0.457. The molecule has 1 aromatic rings. The van der Waals surface area contributed by atoms with Crippen molar-refractivity contribution >= 4 is 12.0 Å². The van der Waals surface area contributed by atoms with Crippen molar-refractivity contribution < 1.29 is 14.3 Å². The maximum absolute atomic E-state index is 11.8. The normalized spacial score (nSPS) is 11.2. The summed E-state index contributed by atoms with van der Waals surface area (Å²) in [5.41, 5.74) is 5.19. The largest absolute Gasteiger partial charge is 0.462 e. The van der Waals surface area contributed by atoms with Gasteiger partial charge in [-0.05, 0) is 68.5 Å². The Morgan fingerprint density at radius 3 is 2.45 bits per heavy atom. The molecule has 0 unspecified atom stereocenters. The van der Waals surface area contributed by atoms with Gasteiger partial charge in [0.15, 0.2) is 0 Å². The molecule has 0 spiro atoms. The lowest BCUT2D eigenvalue weighted by atomic mass is 9.92. The van der Waals surface area contributed by atoms with E-state index in [1.54, 1.807) is 13.0 Å². The number of hydrogen-bond donors (Lipinski definition) is 0. The summed E-state index contributed by atoms with van der Waals surface area (Å²) >= 11 is 0. The second-order valence-corrected chi connectivity index (χ2v) is 5.06. The van der Waals surface area contributed by atoms with Gasteiger partial charge >= 0.3 is 5.97 Å². The predicted octanol–water partition coefficient (Wildman–Crippen LogP) is 3.62. The monoisotopic (exact) mass is 301 g/mol. The van der Waals surface area contributed by atoms with Crippen LogP contribution in [0.4, 0.5) is 0 Å². The van der Waals surface area contributed by atoms with Crippen LogP contribution in [0.15, 0.2) is 11.6 Å². The molecule has 0 N–H and O–H groups in total. The van der Waals surface area contributed by atoms with E-state index in [1.807, 2.05) is 39.8 Å². The molecular formula is C18H23NO3. The Hall–Kier alpha value is -2.12. The van der Waals surface area contributed by atoms with E-state index in [1.165, 1.54) is 0 Å². The minimum absolute atomic E-state index is 0.0132. The van der Waals surface area contributed by atoms with Crippen LogP contribution in [0.1, 0.15) is 41.7 Å². The third-order valence-corrected chi connectivity index (χ3v) is 3.55. The second kappa shape index (κ2) is 8.35. The molecule has 0 saturated heterocycles. The number of carbonyl (C=O) groups is 1. The summed E-state index contributed by atoms with van der Waals surface area (Å²) in [6, 6.07) is 3.97. The minimum atomic E-state index is -0.587. The minimum Gasteiger partial charge on any atom is -0.462 e. The van der Waals surface area contributed by atoms with Crippen molar-refractivity contribution in [2.45, 2.75) is 41.2 Å². The third-order valence-electron chi connectivity index (χ3n) is 3.55. The van der Waals surface area contributed by atoms with Gasteiger partial charge in [0.1, 0.15) is 11.6 Å². The molecule has 0 aliphatic heterocycles. The van der Waals surface area contributed by atoms with Crippen LogP contribution in [0.5, 0.6) is 0 Å². The van der Waals surface area contributed by atoms with Gasteiger partial charge in [-0.3, -0.25) is 0 Å². The van der Waals surface area contributed by atoms with Crippen LogP contribution in [-0.2, 0) is 20.9 Å². The highest BCUT2D eigenvalue weighted by atomic mass is 16.5. The zero-order valence-corrected chi connectivity index (χ0v) is 13.9. The van der Waals surface area contributed by atoms with Gasteiger partial charge in [-0.2, -0.15) is 5.26 Å². The molecule has 1 rings (SSSR count). The Bertz CT molecular complexity index is 624. The lowest BCUT2D eigenvalue weighted by molar-refractivity contribution is -0.137. The Morgan fingerprint density at radius 2 is 1.91 bits per heavy atom. The number of hydrogen-bond acceptors (Lipinski definition) is 4. The van der Waals surface area contributed by atoms with Crippen molar-refractivity contribution in [2.24, 2.45) is 0 Å². The molecular weight excluding hydrogens is 278 g/mol. The first-order chi connectivity index (χ1) is 10.5. The van der Waals surface area contributed by atoms with Crippen LogP contribution in [-0.4, -0.2) is 19.2 Å². The van der Waals surface area contributed by atoms with Crippen LogP contribution in [0, 0.1) is 32.1 Å². The number of nitrogens with zero attached hydrogens (tertiary/aromatic N) is 1.